The summed E-state index contributed by atoms with van der Waals surface area (Å²) < 4.78 is 30.1. The Balaban J connectivity index is 2.63. The van der Waals surface area contributed by atoms with Crippen molar-refractivity contribution >= 4 is 5.91 Å². The van der Waals surface area contributed by atoms with Crippen LogP contribution in [0.3, 0.4) is 0 Å². The second-order valence-corrected chi connectivity index (χ2v) is 2.57. The molecule has 0 aromatic heterocycles. The van der Waals surface area contributed by atoms with Crippen LogP contribution in [-0.2, 0) is 4.79 Å². The molecule has 1 aromatic carbocycles. The Morgan fingerprint density at radius 1 is 1.36 bits per heavy atom. The third-order valence-corrected chi connectivity index (χ3v) is 1.48. The Labute approximate surface area is 79.7 Å². The maximum Gasteiger partial charge on any atom is 0.257 e. The van der Waals surface area contributed by atoms with Crippen LogP contribution >= 0.6 is 0 Å². The smallest absolute Gasteiger partial charge is 0.257 e. The quantitative estimate of drug-likeness (QED) is 0.794. The number of carbonyl (C=O) groups is 1. The van der Waals surface area contributed by atoms with E-state index in [2.05, 4.69) is 5.32 Å². The van der Waals surface area contributed by atoms with Gasteiger partial charge in [0.15, 0.2) is 6.61 Å². The number of ether oxygens (including phenoxy) is 1. The van der Waals surface area contributed by atoms with E-state index in [4.69, 9.17) is 4.74 Å². The second-order valence-electron chi connectivity index (χ2n) is 2.57. The van der Waals surface area contributed by atoms with Gasteiger partial charge in [0.05, 0.1) is 0 Å². The molecule has 0 aliphatic heterocycles. The topological polar surface area (TPSA) is 38.3 Å². The van der Waals surface area contributed by atoms with Crippen molar-refractivity contribution in [2.75, 3.05) is 13.7 Å². The molecule has 0 saturated heterocycles. The molecule has 0 saturated carbocycles. The normalized spacial score (nSPS) is 9.64. The van der Waals surface area contributed by atoms with Crippen molar-refractivity contribution in [1.82, 2.24) is 5.32 Å². The summed E-state index contributed by atoms with van der Waals surface area (Å²) in [6, 6.07) is 2.74. The number of halogens is 2. The number of rotatable bonds is 3. The van der Waals surface area contributed by atoms with Crippen LogP contribution < -0.4 is 10.1 Å². The van der Waals surface area contributed by atoms with Crippen LogP contribution in [0.25, 0.3) is 0 Å². The average molecular weight is 201 g/mol. The third kappa shape index (κ3) is 3.01. The van der Waals surface area contributed by atoms with Crippen LogP contribution in [0.4, 0.5) is 8.78 Å². The first-order valence-electron chi connectivity index (χ1n) is 3.91. The predicted molar refractivity (Wildman–Crippen MR) is 45.9 cm³/mol. The number of nitrogens with one attached hydrogen (secondary N) is 1. The molecule has 76 valence electrons. The highest BCUT2D eigenvalue weighted by atomic mass is 19.1. The summed E-state index contributed by atoms with van der Waals surface area (Å²) in [4.78, 5) is 10.7. The molecular formula is C9H9F2NO2. The first-order chi connectivity index (χ1) is 6.61. The van der Waals surface area contributed by atoms with Gasteiger partial charge in [-0.2, -0.15) is 0 Å². The lowest BCUT2D eigenvalue weighted by Gasteiger charge is -2.04. The van der Waals surface area contributed by atoms with E-state index in [9.17, 15) is 13.6 Å². The van der Waals surface area contributed by atoms with E-state index in [-0.39, 0.29) is 18.3 Å². The zero-order valence-electron chi connectivity index (χ0n) is 7.51. The maximum absolute atomic E-state index is 12.6. The van der Waals surface area contributed by atoms with Crippen LogP contribution in [0.2, 0.25) is 0 Å². The van der Waals surface area contributed by atoms with E-state index in [1.165, 1.54) is 7.05 Å². The number of hydrogen-bond acceptors (Lipinski definition) is 2. The molecule has 1 aromatic rings. The highest BCUT2D eigenvalue weighted by Crippen LogP contribution is 2.14. The number of amides is 1. The monoisotopic (exact) mass is 201 g/mol. The minimum Gasteiger partial charge on any atom is -0.484 e. The molecule has 0 aliphatic carbocycles. The van der Waals surface area contributed by atoms with Gasteiger partial charge in [0.25, 0.3) is 5.91 Å². The van der Waals surface area contributed by atoms with Crippen molar-refractivity contribution in [3.8, 4) is 5.75 Å². The molecule has 1 amide bonds. The van der Waals surface area contributed by atoms with E-state index in [1.807, 2.05) is 0 Å². The molecule has 1 rings (SSSR count). The fourth-order valence-corrected chi connectivity index (χ4v) is 0.833. The molecule has 0 aliphatic rings. The van der Waals surface area contributed by atoms with Gasteiger partial charge in [-0.05, 0) is 0 Å². The molecule has 0 unspecified atom stereocenters. The van der Waals surface area contributed by atoms with Crippen LogP contribution in [0.5, 0.6) is 5.75 Å². The number of benzene rings is 1. The second kappa shape index (κ2) is 4.55. The molecule has 0 bridgehead atoms. The van der Waals surface area contributed by atoms with Crippen molar-refractivity contribution < 1.29 is 18.3 Å². The van der Waals surface area contributed by atoms with Crippen molar-refractivity contribution in [2.45, 2.75) is 0 Å². The molecule has 0 fully saturated rings. The lowest BCUT2D eigenvalue weighted by Crippen LogP contribution is -2.24. The van der Waals surface area contributed by atoms with Gasteiger partial charge in [0.2, 0.25) is 0 Å². The molecular weight excluding hydrogens is 192 g/mol. The molecule has 0 radical (unpaired) electrons. The zero-order chi connectivity index (χ0) is 10.6. The standard InChI is InChI=1S/C9H9F2NO2/c1-12-9(13)5-14-8-3-6(10)2-7(11)4-8/h2-4H,5H2,1H3,(H,12,13). The Kier molecular flexibility index (Phi) is 3.39. The van der Waals surface area contributed by atoms with E-state index in [0.29, 0.717) is 0 Å². The number of carbonyl (C=O) groups excluding carboxylic acids is 1. The van der Waals surface area contributed by atoms with Crippen molar-refractivity contribution in [2.24, 2.45) is 0 Å². The van der Waals surface area contributed by atoms with Gasteiger partial charge in [-0.3, -0.25) is 4.79 Å². The molecule has 5 heteroatoms. The summed E-state index contributed by atoms with van der Waals surface area (Å²) in [5, 5.41) is 2.31. The minimum absolute atomic E-state index is 0.00824. The van der Waals surface area contributed by atoms with Crippen LogP contribution in [-0.4, -0.2) is 19.6 Å². The van der Waals surface area contributed by atoms with Gasteiger partial charge >= 0.3 is 0 Å². The molecule has 1 N–H and O–H groups in total. The lowest BCUT2D eigenvalue weighted by molar-refractivity contribution is -0.122. The Morgan fingerprint density at radius 2 is 1.93 bits per heavy atom. The fourth-order valence-electron chi connectivity index (χ4n) is 0.833. The van der Waals surface area contributed by atoms with Crippen molar-refractivity contribution in [3.05, 3.63) is 29.8 Å². The van der Waals surface area contributed by atoms with Gasteiger partial charge in [0.1, 0.15) is 17.4 Å². The van der Waals surface area contributed by atoms with E-state index in [0.717, 1.165) is 18.2 Å². The van der Waals surface area contributed by atoms with Crippen LogP contribution in [0.15, 0.2) is 18.2 Å². The minimum atomic E-state index is -0.739. The van der Waals surface area contributed by atoms with Gasteiger partial charge in [-0.25, -0.2) is 8.78 Å². The van der Waals surface area contributed by atoms with Crippen molar-refractivity contribution in [3.63, 3.8) is 0 Å². The largest absolute Gasteiger partial charge is 0.484 e. The first kappa shape index (κ1) is 10.4. The van der Waals surface area contributed by atoms with Gasteiger partial charge in [0, 0.05) is 25.2 Å². The molecule has 0 heterocycles. The summed E-state index contributed by atoms with van der Waals surface area (Å²) in [6.45, 7) is -0.264. The molecule has 0 atom stereocenters. The molecule has 14 heavy (non-hydrogen) atoms. The third-order valence-electron chi connectivity index (χ3n) is 1.48. The maximum atomic E-state index is 12.6. The van der Waals surface area contributed by atoms with E-state index < -0.39 is 11.6 Å². The summed E-state index contributed by atoms with van der Waals surface area (Å²) >= 11 is 0. The highest BCUT2D eigenvalue weighted by molar-refractivity contribution is 5.77. The van der Waals surface area contributed by atoms with Crippen LogP contribution in [0, 0.1) is 11.6 Å². The Bertz CT molecular complexity index is 321. The predicted octanol–water partition coefficient (Wildman–Crippen LogP) is 1.09. The molecule has 0 spiro atoms. The SMILES string of the molecule is CNC(=O)COc1cc(F)cc(F)c1. The van der Waals surface area contributed by atoms with Gasteiger partial charge < -0.3 is 10.1 Å². The summed E-state index contributed by atoms with van der Waals surface area (Å²) in [7, 11) is 1.44. The van der Waals surface area contributed by atoms with Crippen molar-refractivity contribution in [1.29, 1.82) is 0 Å². The van der Waals surface area contributed by atoms with Gasteiger partial charge in [-0.15, -0.1) is 0 Å². The average Bonchev–Trinajstić information content (AvgIpc) is 2.12. The summed E-state index contributed by atoms with van der Waals surface area (Å²) in [5.74, 6) is -1.85. The lowest BCUT2D eigenvalue weighted by atomic mass is 10.3. The Hall–Kier alpha value is -1.65. The zero-order valence-corrected chi connectivity index (χ0v) is 7.51. The molecule has 3 nitrogen and oxygen atoms in total. The van der Waals surface area contributed by atoms with E-state index in [1.54, 1.807) is 0 Å². The van der Waals surface area contributed by atoms with Gasteiger partial charge in [-0.1, -0.05) is 0 Å². The highest BCUT2D eigenvalue weighted by Gasteiger charge is 2.03. The summed E-state index contributed by atoms with van der Waals surface area (Å²) in [6.07, 6.45) is 0. The Morgan fingerprint density at radius 3 is 2.43 bits per heavy atom. The van der Waals surface area contributed by atoms with Crippen LogP contribution in [0.1, 0.15) is 0 Å². The number of hydrogen-bond donors (Lipinski definition) is 1. The first-order valence-corrected chi connectivity index (χ1v) is 3.91. The number of likely N-dealkylation sites (N-methyl/N-ethyl adjacent to an activating group) is 1. The fraction of sp³-hybridized carbons (Fsp3) is 0.222. The van der Waals surface area contributed by atoms with E-state index >= 15 is 0 Å². The summed E-state index contributed by atoms with van der Waals surface area (Å²) in [5.41, 5.74) is 0.